The van der Waals surface area contributed by atoms with E-state index in [1.165, 1.54) is 17.7 Å². The summed E-state index contributed by atoms with van der Waals surface area (Å²) >= 11 is 0. The van der Waals surface area contributed by atoms with Crippen LogP contribution in [0.15, 0.2) is 58.3 Å². The van der Waals surface area contributed by atoms with Crippen molar-refractivity contribution in [1.82, 2.24) is 30.7 Å². The molecule has 0 saturated heterocycles. The molecule has 12 heteroatoms. The van der Waals surface area contributed by atoms with Crippen molar-refractivity contribution in [3.63, 3.8) is 0 Å². The number of hydrogen-bond donors (Lipinski definition) is 2. The summed E-state index contributed by atoms with van der Waals surface area (Å²) in [6, 6.07) is 12.1. The number of nitrogens with two attached hydrogens (primary N) is 1. The van der Waals surface area contributed by atoms with Gasteiger partial charge in [0.2, 0.25) is 11.6 Å². The summed E-state index contributed by atoms with van der Waals surface area (Å²) in [5, 5.41) is 19.0. The van der Waals surface area contributed by atoms with Gasteiger partial charge in [-0.15, -0.1) is 5.10 Å². The molecule has 0 fully saturated rings. The molecule has 0 radical (unpaired) electrons. The molecule has 0 saturated carbocycles. The van der Waals surface area contributed by atoms with E-state index >= 15 is 0 Å². The lowest BCUT2D eigenvalue weighted by molar-refractivity contribution is 0.0950. The smallest absolute Gasteiger partial charge is 0.294 e. The second-order valence-electron chi connectivity index (χ2n) is 6.30. The van der Waals surface area contributed by atoms with Crippen molar-refractivity contribution < 1.29 is 18.2 Å². The van der Waals surface area contributed by atoms with Gasteiger partial charge in [-0.1, -0.05) is 35.5 Å². The number of halogens is 2. The summed E-state index contributed by atoms with van der Waals surface area (Å²) in [4.78, 5) is 12.8. The molecule has 4 rings (SSSR count). The third-order valence-electron chi connectivity index (χ3n) is 4.29. The third kappa shape index (κ3) is 3.85. The number of carbonyl (C=O) groups excluding carboxylic acids is 1. The summed E-state index contributed by atoms with van der Waals surface area (Å²) in [6.07, 6.45) is 0. The van der Waals surface area contributed by atoms with Crippen molar-refractivity contribution in [3.05, 3.63) is 71.4 Å². The number of amides is 1. The molecule has 0 aliphatic rings. The first-order valence-electron chi connectivity index (χ1n) is 8.85. The Kier molecular flexibility index (Phi) is 5.18. The van der Waals surface area contributed by atoms with Crippen LogP contribution in [0.3, 0.4) is 0 Å². The van der Waals surface area contributed by atoms with Crippen LogP contribution in [0.5, 0.6) is 0 Å². The van der Waals surface area contributed by atoms with E-state index in [9.17, 15) is 13.6 Å². The molecule has 0 atom stereocenters. The van der Waals surface area contributed by atoms with E-state index in [1.54, 1.807) is 30.3 Å². The molecule has 1 amide bonds. The largest absolute Gasteiger partial charge is 0.378 e. The molecular formula is C19H14F2N8O2. The Balaban J connectivity index is 1.69. The van der Waals surface area contributed by atoms with Gasteiger partial charge in [0.25, 0.3) is 5.91 Å². The number of nitrogens with one attached hydrogen (secondary N) is 1. The van der Waals surface area contributed by atoms with E-state index in [2.05, 4.69) is 35.8 Å². The van der Waals surface area contributed by atoms with Crippen LogP contribution < -0.4 is 11.2 Å². The first-order chi connectivity index (χ1) is 15.0. The lowest BCUT2D eigenvalue weighted by Gasteiger charge is -2.06. The zero-order valence-corrected chi connectivity index (χ0v) is 16.0. The molecule has 3 N–H and O–H groups in total. The maximum atomic E-state index is 13.4. The molecule has 0 aliphatic heterocycles. The highest BCUT2D eigenvalue weighted by Crippen LogP contribution is 2.26. The van der Waals surface area contributed by atoms with Crippen molar-refractivity contribution >= 4 is 17.4 Å². The maximum absolute atomic E-state index is 13.4. The molecule has 2 aromatic heterocycles. The molecule has 0 bridgehead atoms. The summed E-state index contributed by atoms with van der Waals surface area (Å²) in [6.45, 7) is 1.53. The molecule has 4 aromatic rings. The minimum Gasteiger partial charge on any atom is -0.378 e. The molecule has 10 nitrogen and oxygen atoms in total. The van der Waals surface area contributed by atoms with E-state index in [1.807, 2.05) is 0 Å². The third-order valence-corrected chi connectivity index (χ3v) is 4.29. The van der Waals surface area contributed by atoms with Gasteiger partial charge in [-0.25, -0.2) is 18.8 Å². The van der Waals surface area contributed by atoms with Crippen LogP contribution in [-0.2, 0) is 0 Å². The topological polar surface area (TPSA) is 137 Å². The first-order valence-corrected chi connectivity index (χ1v) is 8.85. The van der Waals surface area contributed by atoms with E-state index in [0.29, 0.717) is 11.1 Å². The fraction of sp³-hybridized carbons (Fsp3) is 0.0526. The van der Waals surface area contributed by atoms with Gasteiger partial charge in [0.05, 0.1) is 5.71 Å². The number of hydrazone groups is 1. The first kappa shape index (κ1) is 19.8. The Morgan fingerprint density at radius 1 is 1.13 bits per heavy atom. The summed E-state index contributed by atoms with van der Waals surface area (Å²) in [7, 11) is 0. The van der Waals surface area contributed by atoms with Crippen LogP contribution in [0.4, 0.5) is 14.6 Å². The van der Waals surface area contributed by atoms with Crippen LogP contribution >= 0.6 is 0 Å². The lowest BCUT2D eigenvalue weighted by Crippen LogP contribution is -2.21. The van der Waals surface area contributed by atoms with E-state index in [0.717, 1.165) is 12.1 Å². The van der Waals surface area contributed by atoms with Gasteiger partial charge in [0, 0.05) is 11.1 Å². The van der Waals surface area contributed by atoms with Crippen LogP contribution in [0.25, 0.3) is 17.1 Å². The number of benzene rings is 2. The summed E-state index contributed by atoms with van der Waals surface area (Å²) in [5.41, 5.74) is 9.45. The molecule has 2 aromatic carbocycles. The molecule has 2 heterocycles. The second kappa shape index (κ2) is 8.10. The molecule has 0 unspecified atom stereocenters. The van der Waals surface area contributed by atoms with E-state index < -0.39 is 17.5 Å². The molecule has 31 heavy (non-hydrogen) atoms. The Morgan fingerprint density at radius 2 is 1.90 bits per heavy atom. The minimum atomic E-state index is -1.02. The zero-order chi connectivity index (χ0) is 22.0. The number of nitrogens with zero attached hydrogens (tertiary/aromatic N) is 6. The number of nitrogen functional groups attached to an aromatic ring is 1. The predicted molar refractivity (Wildman–Crippen MR) is 105 cm³/mol. The minimum absolute atomic E-state index is 0.0405. The number of aromatic nitrogens is 5. The highest BCUT2D eigenvalue weighted by molar-refractivity contribution is 6.02. The number of carbonyl (C=O) groups is 1. The van der Waals surface area contributed by atoms with E-state index in [4.69, 9.17) is 5.73 Å². The van der Waals surface area contributed by atoms with Gasteiger partial charge in [-0.05, 0) is 35.4 Å². The molecule has 156 valence electrons. The van der Waals surface area contributed by atoms with Gasteiger partial charge in [-0.3, -0.25) is 4.79 Å². The fourth-order valence-electron chi connectivity index (χ4n) is 2.75. The van der Waals surface area contributed by atoms with Crippen molar-refractivity contribution in [1.29, 1.82) is 0 Å². The Bertz CT molecular complexity index is 1280. The van der Waals surface area contributed by atoms with E-state index in [-0.39, 0.29) is 28.7 Å². The number of rotatable bonds is 5. The molecular weight excluding hydrogens is 410 g/mol. The van der Waals surface area contributed by atoms with Gasteiger partial charge >= 0.3 is 0 Å². The quantitative estimate of drug-likeness (QED) is 0.370. The van der Waals surface area contributed by atoms with Crippen LogP contribution in [0.1, 0.15) is 23.0 Å². The fourth-order valence-corrected chi connectivity index (χ4v) is 2.75. The highest BCUT2D eigenvalue weighted by Gasteiger charge is 2.25. The number of hydrogen-bond acceptors (Lipinski definition) is 8. The standard InChI is InChI=1S/C19H14F2N8O2/c1-10(12-7-8-13(20)14(21)9-12)23-25-19(30)15-16(11-5-3-2-4-6-11)29(28-24-15)18-17(22)26-31-27-18/h2-9H,1H3,(H2,22,26)(H,25,30). The molecule has 0 aliphatic carbocycles. The zero-order valence-electron chi connectivity index (χ0n) is 16.0. The monoisotopic (exact) mass is 424 g/mol. The van der Waals surface area contributed by atoms with Crippen LogP contribution in [-0.4, -0.2) is 36.9 Å². The van der Waals surface area contributed by atoms with Crippen molar-refractivity contribution in [2.45, 2.75) is 6.92 Å². The number of anilines is 1. The van der Waals surface area contributed by atoms with Crippen molar-refractivity contribution in [2.24, 2.45) is 5.10 Å². The SMILES string of the molecule is CC(=NNC(=O)c1nnn(-c2nonc2N)c1-c1ccccc1)c1ccc(F)c(F)c1. The van der Waals surface area contributed by atoms with Crippen molar-refractivity contribution in [2.75, 3.05) is 5.73 Å². The highest BCUT2D eigenvalue weighted by atomic mass is 19.2. The molecule has 0 spiro atoms. The van der Waals surface area contributed by atoms with Gasteiger partial charge in [0.15, 0.2) is 17.3 Å². The summed E-state index contributed by atoms with van der Waals surface area (Å²) < 4.78 is 32.4. The summed E-state index contributed by atoms with van der Waals surface area (Å²) in [5.74, 6) is -2.67. The maximum Gasteiger partial charge on any atom is 0.294 e. The van der Waals surface area contributed by atoms with Crippen LogP contribution in [0.2, 0.25) is 0 Å². The van der Waals surface area contributed by atoms with Gasteiger partial charge in [0.1, 0.15) is 5.69 Å². The van der Waals surface area contributed by atoms with Gasteiger partial charge < -0.3 is 5.73 Å². The normalized spacial score (nSPS) is 11.5. The second-order valence-corrected chi connectivity index (χ2v) is 6.30. The van der Waals surface area contributed by atoms with Crippen molar-refractivity contribution in [3.8, 4) is 17.1 Å². The lowest BCUT2D eigenvalue weighted by atomic mass is 10.1. The van der Waals surface area contributed by atoms with Crippen LogP contribution in [0, 0.1) is 11.6 Å². The average Bonchev–Trinajstić information content (AvgIpc) is 3.40. The average molecular weight is 424 g/mol. The predicted octanol–water partition coefficient (Wildman–Crippen LogP) is 2.33. The Hall–Kier alpha value is -4.48. The Morgan fingerprint density at radius 3 is 2.58 bits per heavy atom. The van der Waals surface area contributed by atoms with Gasteiger partial charge in [-0.2, -0.15) is 9.78 Å². The Labute approximate surface area is 173 Å².